The smallest absolute Gasteiger partial charge is 0.223 e. The molecule has 0 radical (unpaired) electrons. The number of anilines is 1. The summed E-state index contributed by atoms with van der Waals surface area (Å²) in [5.41, 5.74) is 0. The molecule has 1 aromatic heterocycles. The molecule has 0 aliphatic carbocycles. The van der Waals surface area contributed by atoms with Gasteiger partial charge in [0.2, 0.25) is 5.91 Å². The lowest BCUT2D eigenvalue weighted by Crippen LogP contribution is -2.41. The van der Waals surface area contributed by atoms with Crippen LogP contribution in [0.5, 0.6) is 0 Å². The molecule has 1 saturated heterocycles. The van der Waals surface area contributed by atoms with E-state index >= 15 is 0 Å². The van der Waals surface area contributed by atoms with Gasteiger partial charge < -0.3 is 10.2 Å². The first-order valence-corrected chi connectivity index (χ1v) is 7.51. The van der Waals surface area contributed by atoms with Crippen molar-refractivity contribution >= 4 is 23.3 Å². The fraction of sp³-hybridized carbons (Fsp3) is 0.533. The molecule has 0 saturated carbocycles. The predicted octanol–water partition coefficient (Wildman–Crippen LogP) is 2.23. The monoisotopic (exact) mass is 306 g/mol. The van der Waals surface area contributed by atoms with Gasteiger partial charge in [-0.1, -0.05) is 11.6 Å². The number of nitrogens with one attached hydrogen (secondary N) is 1. The number of amides is 1. The van der Waals surface area contributed by atoms with E-state index in [2.05, 4.69) is 21.3 Å². The number of carbonyl (C=O) groups excluding carboxylic acids is 1. The van der Waals surface area contributed by atoms with Crippen molar-refractivity contribution in [3.05, 3.63) is 23.4 Å². The third-order valence-electron chi connectivity index (χ3n) is 3.70. The Morgan fingerprint density at radius 3 is 2.86 bits per heavy atom. The highest BCUT2D eigenvalue weighted by atomic mass is 35.5. The number of rotatable bonds is 4. The number of hydrogen-bond donors (Lipinski definition) is 1. The van der Waals surface area contributed by atoms with Crippen molar-refractivity contribution in [1.29, 1.82) is 5.26 Å². The van der Waals surface area contributed by atoms with Crippen LogP contribution in [0.3, 0.4) is 0 Å². The largest absolute Gasteiger partial charge is 0.357 e. The minimum atomic E-state index is -0.146. The van der Waals surface area contributed by atoms with Gasteiger partial charge in [-0.05, 0) is 31.9 Å². The van der Waals surface area contributed by atoms with Gasteiger partial charge in [0.1, 0.15) is 5.82 Å². The van der Waals surface area contributed by atoms with E-state index in [9.17, 15) is 4.79 Å². The number of hydrogen-bond acceptors (Lipinski definition) is 4. The Bertz CT molecular complexity index is 517. The van der Waals surface area contributed by atoms with E-state index < -0.39 is 0 Å². The second-order valence-electron chi connectivity index (χ2n) is 5.37. The number of carbonyl (C=O) groups is 1. The van der Waals surface area contributed by atoms with Crippen LogP contribution in [0.25, 0.3) is 0 Å². The molecule has 1 fully saturated rings. The van der Waals surface area contributed by atoms with E-state index in [0.29, 0.717) is 11.6 Å². The zero-order valence-corrected chi connectivity index (χ0v) is 12.8. The summed E-state index contributed by atoms with van der Waals surface area (Å²) in [6.07, 6.45) is 3.24. The minimum Gasteiger partial charge on any atom is -0.357 e. The number of pyridine rings is 1. The molecule has 2 heterocycles. The standard InChI is InChI=1S/C15H19ClN4O/c1-11(8-17)9-19-15(21)12-4-6-20(7-5-12)14-3-2-13(16)10-18-14/h2-3,10-12H,4-7,9H2,1H3,(H,19,21). The van der Waals surface area contributed by atoms with Crippen LogP contribution < -0.4 is 10.2 Å². The quantitative estimate of drug-likeness (QED) is 0.926. The molecule has 6 heteroatoms. The van der Waals surface area contributed by atoms with Gasteiger partial charge in [0.15, 0.2) is 0 Å². The van der Waals surface area contributed by atoms with Crippen molar-refractivity contribution in [3.63, 3.8) is 0 Å². The van der Waals surface area contributed by atoms with Crippen LogP contribution in [0, 0.1) is 23.2 Å². The average Bonchev–Trinajstić information content (AvgIpc) is 2.53. The number of halogens is 1. The lowest BCUT2D eigenvalue weighted by atomic mass is 9.95. The first-order valence-electron chi connectivity index (χ1n) is 7.14. The van der Waals surface area contributed by atoms with E-state index in [-0.39, 0.29) is 17.7 Å². The van der Waals surface area contributed by atoms with Crippen LogP contribution in [-0.2, 0) is 4.79 Å². The van der Waals surface area contributed by atoms with Crippen LogP contribution in [-0.4, -0.2) is 30.5 Å². The maximum atomic E-state index is 12.0. The van der Waals surface area contributed by atoms with Crippen LogP contribution in [0.1, 0.15) is 19.8 Å². The first-order chi connectivity index (χ1) is 10.1. The van der Waals surface area contributed by atoms with E-state index in [1.54, 1.807) is 13.1 Å². The average molecular weight is 307 g/mol. The fourth-order valence-electron chi connectivity index (χ4n) is 2.37. The summed E-state index contributed by atoms with van der Waals surface area (Å²) in [5, 5.41) is 12.2. The summed E-state index contributed by atoms with van der Waals surface area (Å²) in [7, 11) is 0. The molecule has 1 unspecified atom stereocenters. The molecule has 21 heavy (non-hydrogen) atoms. The Hall–Kier alpha value is -1.80. The van der Waals surface area contributed by atoms with Gasteiger partial charge in [-0.25, -0.2) is 4.98 Å². The second-order valence-corrected chi connectivity index (χ2v) is 5.81. The molecule has 1 amide bonds. The maximum Gasteiger partial charge on any atom is 0.223 e. The molecule has 2 rings (SSSR count). The molecule has 1 aliphatic heterocycles. The van der Waals surface area contributed by atoms with E-state index in [0.717, 1.165) is 31.7 Å². The van der Waals surface area contributed by atoms with Crippen LogP contribution in [0.2, 0.25) is 5.02 Å². The normalized spacial score (nSPS) is 17.1. The molecule has 1 atom stereocenters. The van der Waals surface area contributed by atoms with E-state index in [1.807, 2.05) is 12.1 Å². The van der Waals surface area contributed by atoms with Crippen molar-refractivity contribution < 1.29 is 4.79 Å². The lowest BCUT2D eigenvalue weighted by molar-refractivity contribution is -0.125. The van der Waals surface area contributed by atoms with Gasteiger partial charge in [0.25, 0.3) is 0 Å². The highest BCUT2D eigenvalue weighted by Crippen LogP contribution is 2.22. The van der Waals surface area contributed by atoms with Crippen molar-refractivity contribution in [3.8, 4) is 6.07 Å². The van der Waals surface area contributed by atoms with Crippen molar-refractivity contribution in [2.45, 2.75) is 19.8 Å². The Morgan fingerprint density at radius 1 is 1.57 bits per heavy atom. The van der Waals surface area contributed by atoms with Gasteiger partial charge in [-0.15, -0.1) is 0 Å². The highest BCUT2D eigenvalue weighted by Gasteiger charge is 2.25. The maximum absolute atomic E-state index is 12.0. The third kappa shape index (κ3) is 4.33. The molecule has 112 valence electrons. The van der Waals surface area contributed by atoms with E-state index in [1.165, 1.54) is 0 Å². The molecular weight excluding hydrogens is 288 g/mol. The van der Waals surface area contributed by atoms with Gasteiger partial charge in [0.05, 0.1) is 17.0 Å². The summed E-state index contributed by atoms with van der Waals surface area (Å²) in [6, 6.07) is 5.84. The number of nitriles is 1. The number of piperidine rings is 1. The third-order valence-corrected chi connectivity index (χ3v) is 3.93. The summed E-state index contributed by atoms with van der Waals surface area (Å²) in [5.74, 6) is 0.837. The van der Waals surface area contributed by atoms with Gasteiger partial charge in [-0.2, -0.15) is 5.26 Å². The van der Waals surface area contributed by atoms with Crippen molar-refractivity contribution in [1.82, 2.24) is 10.3 Å². The van der Waals surface area contributed by atoms with Crippen LogP contribution in [0.15, 0.2) is 18.3 Å². The summed E-state index contributed by atoms with van der Waals surface area (Å²) < 4.78 is 0. The Labute approximate surface area is 129 Å². The Balaban J connectivity index is 1.81. The van der Waals surface area contributed by atoms with E-state index in [4.69, 9.17) is 16.9 Å². The van der Waals surface area contributed by atoms with Crippen LogP contribution in [0.4, 0.5) is 5.82 Å². The first kappa shape index (κ1) is 15.6. The second kappa shape index (κ2) is 7.28. The predicted molar refractivity (Wildman–Crippen MR) is 82.0 cm³/mol. The molecule has 1 aliphatic rings. The minimum absolute atomic E-state index is 0.0273. The molecule has 0 bridgehead atoms. The molecular formula is C15H19ClN4O. The zero-order valence-electron chi connectivity index (χ0n) is 12.1. The van der Waals surface area contributed by atoms with Gasteiger partial charge in [-0.3, -0.25) is 4.79 Å². The topological polar surface area (TPSA) is 69.0 Å². The molecule has 1 aromatic rings. The number of nitrogens with zero attached hydrogens (tertiary/aromatic N) is 3. The molecule has 0 spiro atoms. The fourth-order valence-corrected chi connectivity index (χ4v) is 2.48. The summed E-state index contributed by atoms with van der Waals surface area (Å²) in [6.45, 7) is 3.84. The summed E-state index contributed by atoms with van der Waals surface area (Å²) in [4.78, 5) is 18.5. The summed E-state index contributed by atoms with van der Waals surface area (Å²) >= 11 is 5.83. The zero-order chi connectivity index (χ0) is 15.2. The van der Waals surface area contributed by atoms with Crippen molar-refractivity contribution in [2.24, 2.45) is 11.8 Å². The van der Waals surface area contributed by atoms with Gasteiger partial charge >= 0.3 is 0 Å². The Kier molecular flexibility index (Phi) is 5.40. The number of aromatic nitrogens is 1. The van der Waals surface area contributed by atoms with Gasteiger partial charge in [0, 0.05) is 31.7 Å². The molecule has 0 aromatic carbocycles. The lowest BCUT2D eigenvalue weighted by Gasteiger charge is -2.32. The van der Waals surface area contributed by atoms with Crippen molar-refractivity contribution in [2.75, 3.05) is 24.5 Å². The molecule has 1 N–H and O–H groups in total. The Morgan fingerprint density at radius 2 is 2.29 bits per heavy atom. The molecule has 5 nitrogen and oxygen atoms in total. The SMILES string of the molecule is CC(C#N)CNC(=O)C1CCN(c2ccc(Cl)cn2)CC1. The highest BCUT2D eigenvalue weighted by molar-refractivity contribution is 6.30. The van der Waals surface area contributed by atoms with Crippen LogP contribution >= 0.6 is 11.6 Å².